The number of primary amides is 1. The van der Waals surface area contributed by atoms with Crippen molar-refractivity contribution in [2.75, 3.05) is 45.6 Å². The van der Waals surface area contributed by atoms with Crippen LogP contribution in [0.2, 0.25) is 0 Å². The molecule has 12 nitrogen and oxygen atoms in total. The number of hydrogen-bond acceptors (Lipinski definition) is 7. The normalized spacial score (nSPS) is 10.8. The van der Waals surface area contributed by atoms with E-state index in [-0.39, 0.29) is 19.1 Å². The molecule has 204 valence electrons. The molecule has 1 rings (SSSR count). The quantitative estimate of drug-likeness (QED) is 0.203. The van der Waals surface area contributed by atoms with Crippen molar-refractivity contribution in [3.05, 3.63) is 29.8 Å². The Balaban J connectivity index is 0.00000387. The molecule has 0 heterocycles. The summed E-state index contributed by atoms with van der Waals surface area (Å²) in [7, 11) is 3.46. The van der Waals surface area contributed by atoms with Crippen LogP contribution in [-0.4, -0.2) is 75.2 Å². The second kappa shape index (κ2) is 19.9. The molecule has 0 saturated heterocycles. The van der Waals surface area contributed by atoms with Gasteiger partial charge in [-0.25, -0.2) is 9.59 Å². The Morgan fingerprint density at radius 2 is 1.69 bits per heavy atom. The Labute approximate surface area is 213 Å². The summed E-state index contributed by atoms with van der Waals surface area (Å²) in [6, 6.07) is 5.45. The minimum atomic E-state index is -0.775. The topological polar surface area (TPSA) is 181 Å². The van der Waals surface area contributed by atoms with Crippen molar-refractivity contribution in [1.82, 2.24) is 20.9 Å². The summed E-state index contributed by atoms with van der Waals surface area (Å²) in [5.74, 6) is -0.827. The average molecular weight is 510 g/mol. The van der Waals surface area contributed by atoms with Crippen LogP contribution in [0.4, 0.5) is 15.3 Å². The van der Waals surface area contributed by atoms with E-state index < -0.39 is 24.1 Å². The third-order valence-electron chi connectivity index (χ3n) is 4.65. The minimum absolute atomic E-state index is 0.103. The van der Waals surface area contributed by atoms with E-state index in [1.54, 1.807) is 38.4 Å². The smallest absolute Gasteiger partial charge is 0.409 e. The van der Waals surface area contributed by atoms with Gasteiger partial charge in [0.25, 0.3) is 0 Å². The summed E-state index contributed by atoms with van der Waals surface area (Å²) in [5, 5.41) is 10.8. The number of anilines is 1. The highest BCUT2D eigenvalue weighted by molar-refractivity contribution is 5.97. The number of hydrogen-bond donors (Lipinski definition) is 6. The molecule has 1 unspecified atom stereocenters. The molecule has 0 aromatic heterocycles. The second-order valence-electron chi connectivity index (χ2n) is 8.08. The largest absolute Gasteiger partial charge is 0.445 e. The van der Waals surface area contributed by atoms with Crippen molar-refractivity contribution >= 4 is 29.6 Å². The van der Waals surface area contributed by atoms with E-state index in [0.717, 1.165) is 5.56 Å². The van der Waals surface area contributed by atoms with Crippen molar-refractivity contribution in [1.29, 1.82) is 0 Å². The zero-order valence-electron chi connectivity index (χ0n) is 21.9. The molecule has 12 heteroatoms. The van der Waals surface area contributed by atoms with Gasteiger partial charge in [0.05, 0.1) is 6.54 Å². The maximum atomic E-state index is 12.7. The Kier molecular flexibility index (Phi) is 18.0. The van der Waals surface area contributed by atoms with Crippen LogP contribution in [0, 0.1) is 0 Å². The third-order valence-corrected chi connectivity index (χ3v) is 4.65. The van der Waals surface area contributed by atoms with Crippen LogP contribution in [-0.2, 0) is 20.9 Å². The van der Waals surface area contributed by atoms with Crippen molar-refractivity contribution in [3.8, 4) is 0 Å². The molecular weight excluding hydrogens is 466 g/mol. The number of nitrogens with two attached hydrogens (primary N) is 2. The Bertz CT molecular complexity index is 790. The number of amides is 5. The maximum absolute atomic E-state index is 12.7. The predicted octanol–water partition coefficient (Wildman–Crippen LogP) is 1.11. The molecule has 0 bridgehead atoms. The fraction of sp³-hybridized carbons (Fsp3) is 0.583. The number of urea groups is 1. The van der Waals surface area contributed by atoms with Gasteiger partial charge in [0.2, 0.25) is 11.8 Å². The first kappa shape index (κ1) is 32.6. The molecule has 8 N–H and O–H groups in total. The van der Waals surface area contributed by atoms with Gasteiger partial charge in [-0.15, -0.1) is 0 Å². The van der Waals surface area contributed by atoms with Crippen LogP contribution in [0.1, 0.15) is 45.1 Å². The number of rotatable bonds is 14. The maximum Gasteiger partial charge on any atom is 0.409 e. The van der Waals surface area contributed by atoms with Crippen LogP contribution in [0.3, 0.4) is 0 Å². The third kappa shape index (κ3) is 15.5. The molecule has 0 aliphatic heterocycles. The molecule has 0 spiro atoms. The molecule has 36 heavy (non-hydrogen) atoms. The van der Waals surface area contributed by atoms with Gasteiger partial charge in [-0.1, -0.05) is 32.4 Å². The van der Waals surface area contributed by atoms with E-state index in [2.05, 4.69) is 35.1 Å². The van der Waals surface area contributed by atoms with Gasteiger partial charge in [0.1, 0.15) is 12.6 Å². The summed E-state index contributed by atoms with van der Waals surface area (Å²) in [4.78, 5) is 48.5. The Hall–Kier alpha value is -3.38. The molecule has 1 atom stereocenters. The summed E-state index contributed by atoms with van der Waals surface area (Å²) in [6.45, 7) is 5.70. The van der Waals surface area contributed by atoms with Crippen LogP contribution >= 0.6 is 0 Å². The van der Waals surface area contributed by atoms with Gasteiger partial charge >= 0.3 is 12.1 Å². The van der Waals surface area contributed by atoms with Gasteiger partial charge < -0.3 is 42.4 Å². The molecule has 1 aromatic carbocycles. The van der Waals surface area contributed by atoms with Gasteiger partial charge in [0, 0.05) is 32.4 Å². The molecule has 0 fully saturated rings. The lowest BCUT2D eigenvalue weighted by Gasteiger charge is -2.18. The lowest BCUT2D eigenvalue weighted by molar-refractivity contribution is -0.125. The molecule has 1 aromatic rings. The number of unbranched alkanes of at least 4 members (excludes halogenated alkanes) is 1. The van der Waals surface area contributed by atoms with Crippen LogP contribution in [0.15, 0.2) is 24.3 Å². The number of nitrogens with zero attached hydrogens (tertiary/aromatic N) is 1. The van der Waals surface area contributed by atoms with E-state index in [1.165, 1.54) is 11.3 Å². The SMILES string of the molecule is CCC.CNCCN(C)C(=O)OCc1ccc(NC(=O)C(CCCCNC(N)=O)NC(=O)CN)cc1. The van der Waals surface area contributed by atoms with E-state index >= 15 is 0 Å². The van der Waals surface area contributed by atoms with Gasteiger partial charge in [-0.3, -0.25) is 9.59 Å². The van der Waals surface area contributed by atoms with Crippen molar-refractivity contribution < 1.29 is 23.9 Å². The summed E-state index contributed by atoms with van der Waals surface area (Å²) < 4.78 is 5.26. The Morgan fingerprint density at radius 1 is 1.06 bits per heavy atom. The lowest BCUT2D eigenvalue weighted by atomic mass is 10.1. The van der Waals surface area contributed by atoms with E-state index in [4.69, 9.17) is 16.2 Å². The first-order chi connectivity index (χ1) is 17.2. The number of carbonyl (C=O) groups excluding carboxylic acids is 4. The van der Waals surface area contributed by atoms with E-state index in [1.807, 2.05) is 0 Å². The predicted molar refractivity (Wildman–Crippen MR) is 140 cm³/mol. The lowest BCUT2D eigenvalue weighted by Crippen LogP contribution is -2.46. The van der Waals surface area contributed by atoms with Crippen LogP contribution < -0.4 is 32.7 Å². The average Bonchev–Trinajstić information content (AvgIpc) is 2.85. The second-order valence-corrected chi connectivity index (χ2v) is 8.08. The van der Waals surface area contributed by atoms with Crippen LogP contribution in [0.5, 0.6) is 0 Å². The van der Waals surface area contributed by atoms with Crippen molar-refractivity contribution in [2.24, 2.45) is 11.5 Å². The highest BCUT2D eigenvalue weighted by Crippen LogP contribution is 2.12. The Morgan fingerprint density at radius 3 is 2.25 bits per heavy atom. The number of likely N-dealkylation sites (N-methyl/N-ethyl adjacent to an activating group) is 2. The van der Waals surface area contributed by atoms with Gasteiger partial charge in [-0.2, -0.15) is 0 Å². The first-order valence-corrected chi connectivity index (χ1v) is 12.1. The number of carbonyl (C=O) groups is 4. The summed E-state index contributed by atoms with van der Waals surface area (Å²) >= 11 is 0. The number of nitrogens with one attached hydrogen (secondary N) is 4. The van der Waals surface area contributed by atoms with E-state index in [9.17, 15) is 19.2 Å². The molecule has 0 aliphatic rings. The van der Waals surface area contributed by atoms with E-state index in [0.29, 0.717) is 44.6 Å². The molecule has 0 aliphatic carbocycles. The number of benzene rings is 1. The first-order valence-electron chi connectivity index (χ1n) is 12.1. The van der Waals surface area contributed by atoms with Gasteiger partial charge in [0.15, 0.2) is 0 Å². The molecule has 0 radical (unpaired) electrons. The highest BCUT2D eigenvalue weighted by Gasteiger charge is 2.20. The fourth-order valence-corrected chi connectivity index (χ4v) is 2.75. The fourth-order valence-electron chi connectivity index (χ4n) is 2.75. The van der Waals surface area contributed by atoms with Crippen LogP contribution in [0.25, 0.3) is 0 Å². The zero-order chi connectivity index (χ0) is 27.3. The molecule has 5 amide bonds. The minimum Gasteiger partial charge on any atom is -0.445 e. The molecular formula is C24H43N7O5. The van der Waals surface area contributed by atoms with Crippen molar-refractivity contribution in [2.45, 2.75) is 52.2 Å². The number of ether oxygens (including phenoxy) is 1. The summed E-state index contributed by atoms with van der Waals surface area (Å²) in [6.07, 6.45) is 2.37. The zero-order valence-corrected chi connectivity index (χ0v) is 21.9. The monoisotopic (exact) mass is 509 g/mol. The van der Waals surface area contributed by atoms with Gasteiger partial charge in [-0.05, 0) is 44.0 Å². The molecule has 0 saturated carbocycles. The standard InChI is InChI=1S/C21H35N7O5.C3H8/c1-24-11-12-28(2)21(32)33-14-15-6-8-16(9-7-15)26-19(30)17(27-18(29)13-22)5-3-4-10-25-20(23)31;1-3-2/h6-9,17,24H,3-5,10-14,22H2,1-2H3,(H,26,30)(H,27,29)(H3,23,25,31);3H2,1-2H3. The highest BCUT2D eigenvalue weighted by atomic mass is 16.6. The summed E-state index contributed by atoms with van der Waals surface area (Å²) in [5.41, 5.74) is 11.7. The van der Waals surface area contributed by atoms with Crippen molar-refractivity contribution in [3.63, 3.8) is 0 Å².